The molecule has 0 unspecified atom stereocenters. The molecule has 1 spiro atoms. The van der Waals surface area contributed by atoms with Gasteiger partial charge in [0.05, 0.1) is 12.2 Å². The molecule has 2 aliphatic heterocycles. The molecule has 1 aliphatic carbocycles. The van der Waals surface area contributed by atoms with Crippen LogP contribution in [0.1, 0.15) is 43.4 Å². The first-order valence-corrected chi connectivity index (χ1v) is 11.6. The molecule has 0 radical (unpaired) electrons. The first kappa shape index (κ1) is 20.0. The minimum absolute atomic E-state index is 0.0346. The van der Waals surface area contributed by atoms with Gasteiger partial charge in [-0.25, -0.2) is 0 Å². The maximum absolute atomic E-state index is 14.1. The number of nitrogens with zero attached hydrogens (tertiary/aromatic N) is 2. The van der Waals surface area contributed by atoms with E-state index in [2.05, 4.69) is 32.9 Å². The molecular formula is C24H25ClN2O2S. The summed E-state index contributed by atoms with van der Waals surface area (Å²) in [5, 5.41) is 0.586. The molecule has 6 heteroatoms. The number of rotatable bonds is 3. The zero-order valence-corrected chi connectivity index (χ0v) is 19.0. The lowest BCUT2D eigenvalue weighted by atomic mass is 10.0. The molecule has 2 aromatic rings. The van der Waals surface area contributed by atoms with Crippen molar-refractivity contribution < 1.29 is 9.59 Å². The normalized spacial score (nSPS) is 24.6. The van der Waals surface area contributed by atoms with Crippen LogP contribution in [0.5, 0.6) is 0 Å². The number of fused-ring (bicyclic) bond motifs is 2. The molecule has 2 aromatic carbocycles. The summed E-state index contributed by atoms with van der Waals surface area (Å²) < 4.78 is -0.224. The minimum Gasteiger partial charge on any atom is -0.314 e. The summed E-state index contributed by atoms with van der Waals surface area (Å²) in [6.45, 7) is 7.32. The van der Waals surface area contributed by atoms with Crippen molar-refractivity contribution in [1.29, 1.82) is 0 Å². The molecule has 5 rings (SSSR count). The molecule has 0 N–H and O–H groups in total. The minimum atomic E-state index is -1.04. The maximum atomic E-state index is 14.1. The highest BCUT2D eigenvalue weighted by atomic mass is 35.5. The third kappa shape index (κ3) is 2.97. The zero-order chi connectivity index (χ0) is 21.3. The number of benzene rings is 2. The number of hydrogen-bond donors (Lipinski definition) is 0. The van der Waals surface area contributed by atoms with Crippen LogP contribution in [-0.2, 0) is 21.0 Å². The molecule has 2 fully saturated rings. The quantitative estimate of drug-likeness (QED) is 0.665. The predicted octanol–water partition coefficient (Wildman–Crippen LogP) is 5.11. The largest absolute Gasteiger partial charge is 0.314 e. The highest BCUT2D eigenvalue weighted by Crippen LogP contribution is 2.61. The predicted molar refractivity (Wildman–Crippen MR) is 122 cm³/mol. The van der Waals surface area contributed by atoms with Crippen LogP contribution in [0, 0.1) is 12.8 Å². The van der Waals surface area contributed by atoms with E-state index < -0.39 is 4.87 Å². The van der Waals surface area contributed by atoms with Gasteiger partial charge in [0.2, 0.25) is 5.91 Å². The van der Waals surface area contributed by atoms with Crippen molar-refractivity contribution in [3.05, 3.63) is 64.2 Å². The Kier molecular flexibility index (Phi) is 4.50. The Balaban J connectivity index is 1.65. The maximum Gasteiger partial charge on any atom is 0.268 e. The van der Waals surface area contributed by atoms with Gasteiger partial charge in [-0.05, 0) is 62.9 Å². The highest BCUT2D eigenvalue weighted by Gasteiger charge is 2.64. The Morgan fingerprint density at radius 1 is 1.20 bits per heavy atom. The first-order chi connectivity index (χ1) is 14.2. The number of halogens is 1. The van der Waals surface area contributed by atoms with Crippen LogP contribution in [0.4, 0.5) is 5.69 Å². The summed E-state index contributed by atoms with van der Waals surface area (Å²) in [6, 6.07) is 13.8. The summed E-state index contributed by atoms with van der Waals surface area (Å²) >= 11 is 7.99. The van der Waals surface area contributed by atoms with Crippen molar-refractivity contribution in [2.24, 2.45) is 5.92 Å². The highest BCUT2D eigenvalue weighted by molar-refractivity contribution is 8.02. The van der Waals surface area contributed by atoms with Gasteiger partial charge in [-0.1, -0.05) is 35.9 Å². The molecule has 3 aliphatic rings. The van der Waals surface area contributed by atoms with E-state index in [-0.39, 0.29) is 22.5 Å². The molecule has 2 heterocycles. The number of aryl methyl sites for hydroxylation is 1. The van der Waals surface area contributed by atoms with Gasteiger partial charge in [0.15, 0.2) is 4.87 Å². The second-order valence-corrected chi connectivity index (χ2v) is 11.5. The lowest BCUT2D eigenvalue weighted by molar-refractivity contribution is -0.141. The van der Waals surface area contributed by atoms with Gasteiger partial charge in [-0.2, -0.15) is 0 Å². The average molecular weight is 441 g/mol. The van der Waals surface area contributed by atoms with Gasteiger partial charge in [-0.3, -0.25) is 9.59 Å². The van der Waals surface area contributed by atoms with E-state index in [0.29, 0.717) is 18.1 Å². The molecule has 2 amide bonds. The summed E-state index contributed by atoms with van der Waals surface area (Å²) in [6.07, 6.45) is 1.83. The number of carbonyl (C=O) groups is 2. The fourth-order valence-corrected chi connectivity index (χ4v) is 6.56. The van der Waals surface area contributed by atoms with E-state index in [1.165, 1.54) is 0 Å². The number of amides is 2. The number of hydrogen-bond acceptors (Lipinski definition) is 3. The van der Waals surface area contributed by atoms with E-state index in [0.717, 1.165) is 35.2 Å². The van der Waals surface area contributed by atoms with Gasteiger partial charge in [0, 0.05) is 27.8 Å². The lowest BCUT2D eigenvalue weighted by Crippen LogP contribution is -2.50. The number of carbonyl (C=O) groups excluding carboxylic acids is 2. The van der Waals surface area contributed by atoms with Crippen LogP contribution >= 0.6 is 23.4 Å². The summed E-state index contributed by atoms with van der Waals surface area (Å²) in [5.41, 5.74) is 3.95. The fraction of sp³-hybridized carbons (Fsp3) is 0.417. The van der Waals surface area contributed by atoms with Crippen molar-refractivity contribution in [1.82, 2.24) is 4.90 Å². The summed E-state index contributed by atoms with van der Waals surface area (Å²) in [7, 11) is 0. The second kappa shape index (κ2) is 6.76. The van der Waals surface area contributed by atoms with E-state index in [9.17, 15) is 9.59 Å². The second-order valence-electron chi connectivity index (χ2n) is 9.18. The van der Waals surface area contributed by atoms with Gasteiger partial charge >= 0.3 is 0 Å². The average Bonchev–Trinajstić information content (AvgIpc) is 3.47. The number of thioether (sulfide) groups is 1. The SMILES string of the molecule is Cc1ccccc1CN1C(=O)[C@@]2(SC(C)(C)CN2C(=O)C2CC2)c2cc(Cl)ccc21. The van der Waals surface area contributed by atoms with Crippen LogP contribution in [-0.4, -0.2) is 28.0 Å². The molecule has 1 atom stereocenters. The van der Waals surface area contributed by atoms with Crippen molar-refractivity contribution in [2.75, 3.05) is 11.4 Å². The monoisotopic (exact) mass is 440 g/mol. The van der Waals surface area contributed by atoms with E-state index >= 15 is 0 Å². The van der Waals surface area contributed by atoms with Gasteiger partial charge in [-0.15, -0.1) is 11.8 Å². The molecule has 0 bridgehead atoms. The van der Waals surface area contributed by atoms with Crippen molar-refractivity contribution in [3.8, 4) is 0 Å². The Morgan fingerprint density at radius 2 is 1.93 bits per heavy atom. The third-order valence-electron chi connectivity index (χ3n) is 6.27. The van der Waals surface area contributed by atoms with Gasteiger partial charge < -0.3 is 9.80 Å². The standard InChI is InChI=1S/C24H25ClN2O2S/c1-15-6-4-5-7-17(15)13-26-20-11-10-18(25)12-19(20)24(22(26)29)27(14-23(2,3)30-24)21(28)16-8-9-16/h4-7,10-12,16H,8-9,13-14H2,1-3H3/t24-/m0/s1. The molecule has 1 saturated carbocycles. The molecule has 30 heavy (non-hydrogen) atoms. The van der Waals surface area contributed by atoms with Gasteiger partial charge in [0.25, 0.3) is 5.91 Å². The first-order valence-electron chi connectivity index (χ1n) is 10.4. The Bertz CT molecular complexity index is 1060. The summed E-state index contributed by atoms with van der Waals surface area (Å²) in [5.74, 6) is 0.120. The third-order valence-corrected chi connectivity index (χ3v) is 8.10. The zero-order valence-electron chi connectivity index (χ0n) is 17.4. The lowest BCUT2D eigenvalue weighted by Gasteiger charge is -2.33. The van der Waals surface area contributed by atoms with Crippen molar-refractivity contribution >= 4 is 40.9 Å². The van der Waals surface area contributed by atoms with E-state index in [1.54, 1.807) is 11.8 Å². The Labute approximate surface area is 186 Å². The number of anilines is 1. The van der Waals surface area contributed by atoms with E-state index in [4.69, 9.17) is 11.6 Å². The van der Waals surface area contributed by atoms with Crippen LogP contribution in [0.15, 0.2) is 42.5 Å². The van der Waals surface area contributed by atoms with Crippen LogP contribution < -0.4 is 4.90 Å². The molecule has 4 nitrogen and oxygen atoms in total. The molecular weight excluding hydrogens is 416 g/mol. The topological polar surface area (TPSA) is 40.6 Å². The van der Waals surface area contributed by atoms with Crippen LogP contribution in [0.3, 0.4) is 0 Å². The molecule has 156 valence electrons. The van der Waals surface area contributed by atoms with Crippen LogP contribution in [0.2, 0.25) is 5.02 Å². The Morgan fingerprint density at radius 3 is 2.63 bits per heavy atom. The van der Waals surface area contributed by atoms with Crippen molar-refractivity contribution in [2.45, 2.75) is 49.8 Å². The fourth-order valence-electron chi connectivity index (χ4n) is 4.66. The van der Waals surface area contributed by atoms with Crippen LogP contribution in [0.25, 0.3) is 0 Å². The smallest absolute Gasteiger partial charge is 0.268 e. The van der Waals surface area contributed by atoms with Crippen molar-refractivity contribution in [3.63, 3.8) is 0 Å². The summed E-state index contributed by atoms with van der Waals surface area (Å²) in [4.78, 5) is 30.1. The Hall–Kier alpha value is -1.98. The van der Waals surface area contributed by atoms with Gasteiger partial charge in [0.1, 0.15) is 0 Å². The van der Waals surface area contributed by atoms with E-state index in [1.807, 2.05) is 40.1 Å². The molecule has 1 saturated heterocycles. The molecule has 0 aromatic heterocycles.